The molecule has 0 aromatic rings. The van der Waals surface area contributed by atoms with Gasteiger partial charge in [0, 0.05) is 6.42 Å². The highest BCUT2D eigenvalue weighted by atomic mass is 16.7. The summed E-state index contributed by atoms with van der Waals surface area (Å²) < 4.78 is 11.2. The van der Waals surface area contributed by atoms with Crippen LogP contribution in [0.15, 0.2) is 85.1 Å². The summed E-state index contributed by atoms with van der Waals surface area (Å²) in [4.78, 5) is 13.0. The van der Waals surface area contributed by atoms with Crippen molar-refractivity contribution in [3.8, 4) is 0 Å². The fraction of sp³-hybridized carbons (Fsp3) is 0.706. The second kappa shape index (κ2) is 40.4. The van der Waals surface area contributed by atoms with Gasteiger partial charge >= 0.3 is 0 Å². The number of hydrogen-bond donors (Lipinski definition) is 6. The molecule has 7 unspecified atom stereocenters. The minimum Gasteiger partial charge on any atom is -0.394 e. The predicted molar refractivity (Wildman–Crippen MR) is 248 cm³/mol. The first-order chi connectivity index (χ1) is 29.3. The van der Waals surface area contributed by atoms with Crippen LogP contribution in [-0.2, 0) is 14.3 Å². The van der Waals surface area contributed by atoms with Crippen LogP contribution >= 0.6 is 0 Å². The average Bonchev–Trinajstić information content (AvgIpc) is 3.25. The highest BCUT2D eigenvalue weighted by Gasteiger charge is 2.44. The van der Waals surface area contributed by atoms with Crippen LogP contribution in [0.25, 0.3) is 0 Å². The Kier molecular flexibility index (Phi) is 37.3. The summed E-state index contributed by atoms with van der Waals surface area (Å²) in [5, 5.41) is 54.2. The normalized spacial score (nSPS) is 21.4. The molecule has 0 bridgehead atoms. The third kappa shape index (κ3) is 30.4. The van der Waals surface area contributed by atoms with Crippen LogP contribution in [0.3, 0.4) is 0 Å². The van der Waals surface area contributed by atoms with Gasteiger partial charge in [0.25, 0.3) is 0 Å². The Hall–Kier alpha value is -2.63. The largest absolute Gasteiger partial charge is 0.394 e. The molecule has 6 N–H and O–H groups in total. The molecule has 344 valence electrons. The molecule has 7 atom stereocenters. The first kappa shape index (κ1) is 55.4. The van der Waals surface area contributed by atoms with Crippen molar-refractivity contribution in [2.45, 2.75) is 217 Å². The summed E-state index contributed by atoms with van der Waals surface area (Å²) in [6.07, 6.45) is 49.1. The molecule has 0 aromatic carbocycles. The van der Waals surface area contributed by atoms with Gasteiger partial charge < -0.3 is 40.3 Å². The van der Waals surface area contributed by atoms with Gasteiger partial charge in [0.2, 0.25) is 5.91 Å². The molecule has 1 aliphatic heterocycles. The van der Waals surface area contributed by atoms with Gasteiger partial charge in [-0.25, -0.2) is 0 Å². The lowest BCUT2D eigenvalue weighted by Gasteiger charge is -2.40. The molecule has 0 radical (unpaired) electrons. The minimum atomic E-state index is -1.58. The standard InChI is InChI=1S/C51H87NO8/c1-3-5-7-9-11-13-15-17-19-21-22-23-24-25-27-29-31-33-35-37-39-41-47(55)52-44(43-59-51-50(58)49(57)48(56)46(42-53)60-51)45(54)40-38-36-34-32-30-28-26-20-18-16-14-12-10-8-6-4-2/h5,7,11,13,17,19,22-23,25,27,31,33,38,40,44-46,48-51,53-54,56-58H,3-4,6,8-10,12,14-16,18,20-21,24,26,28-30,32,34-37,39,41-43H2,1-2H3,(H,52,55)/b7-5-,13-11-,19-17-,23-22-,27-25-,33-31-,40-38+. The van der Waals surface area contributed by atoms with Crippen molar-refractivity contribution in [1.29, 1.82) is 0 Å². The Morgan fingerprint density at radius 1 is 0.583 bits per heavy atom. The average molecular weight is 842 g/mol. The Bertz CT molecular complexity index is 1210. The second-order valence-electron chi connectivity index (χ2n) is 16.2. The minimum absolute atomic E-state index is 0.211. The van der Waals surface area contributed by atoms with E-state index in [9.17, 15) is 30.3 Å². The van der Waals surface area contributed by atoms with E-state index in [4.69, 9.17) is 9.47 Å². The SMILES string of the molecule is CC/C=C\C/C=C\C/C=C\C/C=C\C/C=C\C/C=C\CCCCC(=O)NC(COC1OC(CO)C(O)C(O)C1O)C(O)/C=C/CCCCCCCCCCCCCCCC. The maximum absolute atomic E-state index is 13.0. The van der Waals surface area contributed by atoms with E-state index in [2.05, 4.69) is 92.1 Å². The highest BCUT2D eigenvalue weighted by Crippen LogP contribution is 2.22. The molecule has 0 aliphatic carbocycles. The number of carbonyl (C=O) groups excluding carboxylic acids is 1. The molecule has 1 rings (SSSR count). The van der Waals surface area contributed by atoms with Gasteiger partial charge in [-0.3, -0.25) is 4.79 Å². The second-order valence-corrected chi connectivity index (χ2v) is 16.2. The van der Waals surface area contributed by atoms with E-state index in [1.165, 1.54) is 77.0 Å². The van der Waals surface area contributed by atoms with Gasteiger partial charge in [0.1, 0.15) is 24.4 Å². The van der Waals surface area contributed by atoms with E-state index in [0.29, 0.717) is 6.42 Å². The molecule has 1 fully saturated rings. The van der Waals surface area contributed by atoms with Gasteiger partial charge in [-0.1, -0.05) is 182 Å². The van der Waals surface area contributed by atoms with Crippen LogP contribution in [0.5, 0.6) is 0 Å². The number of aliphatic hydroxyl groups is 5. The summed E-state index contributed by atoms with van der Waals surface area (Å²) in [7, 11) is 0. The van der Waals surface area contributed by atoms with Crippen molar-refractivity contribution >= 4 is 5.91 Å². The van der Waals surface area contributed by atoms with Gasteiger partial charge in [0.05, 0.1) is 25.4 Å². The smallest absolute Gasteiger partial charge is 0.220 e. The van der Waals surface area contributed by atoms with E-state index in [-0.39, 0.29) is 18.9 Å². The lowest BCUT2D eigenvalue weighted by Crippen LogP contribution is -2.60. The Morgan fingerprint density at radius 2 is 1.03 bits per heavy atom. The summed E-state index contributed by atoms with van der Waals surface area (Å²) in [6.45, 7) is 3.62. The number of ether oxygens (including phenoxy) is 2. The van der Waals surface area contributed by atoms with Crippen molar-refractivity contribution in [3.05, 3.63) is 85.1 Å². The van der Waals surface area contributed by atoms with Gasteiger partial charge in [-0.2, -0.15) is 0 Å². The van der Waals surface area contributed by atoms with E-state index in [1.807, 2.05) is 6.08 Å². The monoisotopic (exact) mass is 842 g/mol. The Labute approximate surface area is 365 Å². The molecule has 9 nitrogen and oxygen atoms in total. The van der Waals surface area contributed by atoms with Crippen molar-refractivity contribution in [3.63, 3.8) is 0 Å². The van der Waals surface area contributed by atoms with Crippen LogP contribution in [0.4, 0.5) is 0 Å². The number of nitrogens with one attached hydrogen (secondary N) is 1. The number of hydrogen-bond acceptors (Lipinski definition) is 8. The number of rotatable bonds is 38. The van der Waals surface area contributed by atoms with E-state index < -0.39 is 49.5 Å². The molecule has 0 spiro atoms. The third-order valence-corrected chi connectivity index (χ3v) is 10.7. The van der Waals surface area contributed by atoms with E-state index >= 15 is 0 Å². The molecule has 0 aromatic heterocycles. The number of unbranched alkanes of at least 4 members (excludes halogenated alkanes) is 16. The van der Waals surface area contributed by atoms with E-state index in [1.54, 1.807) is 6.08 Å². The van der Waals surface area contributed by atoms with Gasteiger partial charge in [0.15, 0.2) is 6.29 Å². The summed E-state index contributed by atoms with van der Waals surface area (Å²) in [6, 6.07) is -0.833. The van der Waals surface area contributed by atoms with Crippen molar-refractivity contribution in [2.75, 3.05) is 13.2 Å². The number of allylic oxidation sites excluding steroid dienone is 13. The first-order valence-corrected chi connectivity index (χ1v) is 23.8. The molecule has 1 heterocycles. The lowest BCUT2D eigenvalue weighted by molar-refractivity contribution is -0.302. The molecule has 1 aliphatic rings. The fourth-order valence-electron chi connectivity index (χ4n) is 6.92. The molecule has 9 heteroatoms. The first-order valence-electron chi connectivity index (χ1n) is 23.8. The summed E-state index contributed by atoms with van der Waals surface area (Å²) >= 11 is 0. The lowest BCUT2D eigenvalue weighted by atomic mass is 9.99. The third-order valence-electron chi connectivity index (χ3n) is 10.7. The van der Waals surface area contributed by atoms with Gasteiger partial charge in [-0.05, 0) is 70.6 Å². The zero-order valence-corrected chi connectivity index (χ0v) is 37.7. The van der Waals surface area contributed by atoms with Crippen molar-refractivity contribution in [2.24, 2.45) is 0 Å². The van der Waals surface area contributed by atoms with Crippen LogP contribution < -0.4 is 5.32 Å². The molecule has 1 saturated heterocycles. The predicted octanol–water partition coefficient (Wildman–Crippen LogP) is 10.3. The molecule has 1 amide bonds. The van der Waals surface area contributed by atoms with E-state index in [0.717, 1.165) is 70.6 Å². The highest BCUT2D eigenvalue weighted by molar-refractivity contribution is 5.76. The number of carbonyl (C=O) groups is 1. The Morgan fingerprint density at radius 3 is 1.53 bits per heavy atom. The molecular weight excluding hydrogens is 755 g/mol. The van der Waals surface area contributed by atoms with Crippen molar-refractivity contribution in [1.82, 2.24) is 5.32 Å². The topological polar surface area (TPSA) is 149 Å². The Balaban J connectivity index is 2.40. The maximum atomic E-state index is 13.0. The quantitative estimate of drug-likeness (QED) is 0.0266. The fourth-order valence-corrected chi connectivity index (χ4v) is 6.92. The summed E-state index contributed by atoms with van der Waals surface area (Å²) in [5.74, 6) is -0.223. The maximum Gasteiger partial charge on any atom is 0.220 e. The molecule has 60 heavy (non-hydrogen) atoms. The molecule has 0 saturated carbocycles. The van der Waals surface area contributed by atoms with Crippen LogP contribution in [-0.4, -0.2) is 87.5 Å². The summed E-state index contributed by atoms with van der Waals surface area (Å²) in [5.41, 5.74) is 0. The van der Waals surface area contributed by atoms with Crippen LogP contribution in [0.1, 0.15) is 174 Å². The number of amides is 1. The molecular formula is C51H87NO8. The number of aliphatic hydroxyl groups excluding tert-OH is 5. The van der Waals surface area contributed by atoms with Crippen LogP contribution in [0, 0.1) is 0 Å². The zero-order valence-electron chi connectivity index (χ0n) is 37.7. The zero-order chi connectivity index (χ0) is 43.7. The van der Waals surface area contributed by atoms with Crippen LogP contribution in [0.2, 0.25) is 0 Å². The van der Waals surface area contributed by atoms with Gasteiger partial charge in [-0.15, -0.1) is 0 Å². The van der Waals surface area contributed by atoms with Crippen molar-refractivity contribution < 1.29 is 39.8 Å².